The van der Waals surface area contributed by atoms with E-state index in [4.69, 9.17) is 5.11 Å². The molecule has 1 aromatic carbocycles. The molecule has 1 saturated carbocycles. The lowest BCUT2D eigenvalue weighted by atomic mass is 9.91. The number of carbonyl (C=O) groups is 1. The number of aliphatic carboxylic acids is 1. The molecule has 1 aromatic heterocycles. The summed E-state index contributed by atoms with van der Waals surface area (Å²) in [6, 6.07) is 8.13. The summed E-state index contributed by atoms with van der Waals surface area (Å²) in [5, 5.41) is 9.01. The van der Waals surface area contributed by atoms with Crippen molar-refractivity contribution in [1.82, 2.24) is 9.55 Å². The second-order valence-corrected chi connectivity index (χ2v) is 5.10. The Morgan fingerprint density at radius 3 is 2.63 bits per heavy atom. The van der Waals surface area contributed by atoms with Gasteiger partial charge in [-0.15, -0.1) is 0 Å². The normalized spacial score (nSPS) is 16.2. The standard InChI is InChI=1S/C15H16N2O2/c18-15(19)9-14(11-1-2-11)12-3-5-13(6-4-12)17-8-7-16-10-17/h3-8,10-11,14H,1-2,9H2,(H,18,19). The first-order valence-corrected chi connectivity index (χ1v) is 6.54. The number of hydrogen-bond acceptors (Lipinski definition) is 2. The van der Waals surface area contributed by atoms with E-state index in [1.807, 2.05) is 35.0 Å². The van der Waals surface area contributed by atoms with Crippen molar-refractivity contribution >= 4 is 5.97 Å². The number of nitrogens with zero attached hydrogens (tertiary/aromatic N) is 2. The van der Waals surface area contributed by atoms with Crippen LogP contribution in [0.25, 0.3) is 5.69 Å². The van der Waals surface area contributed by atoms with Crippen molar-refractivity contribution in [1.29, 1.82) is 0 Å². The summed E-state index contributed by atoms with van der Waals surface area (Å²) in [6.45, 7) is 0. The molecule has 0 spiro atoms. The number of carboxylic acids is 1. The smallest absolute Gasteiger partial charge is 0.303 e. The van der Waals surface area contributed by atoms with Gasteiger partial charge in [0.25, 0.3) is 0 Å². The summed E-state index contributed by atoms with van der Waals surface area (Å²) in [6.07, 6.45) is 7.93. The lowest BCUT2D eigenvalue weighted by Gasteiger charge is -2.15. The molecule has 19 heavy (non-hydrogen) atoms. The minimum atomic E-state index is -0.712. The highest BCUT2D eigenvalue weighted by atomic mass is 16.4. The third-order valence-corrected chi connectivity index (χ3v) is 3.71. The molecule has 0 saturated heterocycles. The molecule has 0 aliphatic heterocycles. The topological polar surface area (TPSA) is 55.1 Å². The van der Waals surface area contributed by atoms with Gasteiger partial charge in [-0.3, -0.25) is 4.79 Å². The largest absolute Gasteiger partial charge is 0.481 e. The van der Waals surface area contributed by atoms with Crippen molar-refractivity contribution in [3.63, 3.8) is 0 Å². The maximum atomic E-state index is 11.0. The van der Waals surface area contributed by atoms with Crippen molar-refractivity contribution in [2.75, 3.05) is 0 Å². The number of imidazole rings is 1. The van der Waals surface area contributed by atoms with E-state index >= 15 is 0 Å². The lowest BCUT2D eigenvalue weighted by Crippen LogP contribution is -2.08. The summed E-state index contributed by atoms with van der Waals surface area (Å²) >= 11 is 0. The van der Waals surface area contributed by atoms with Gasteiger partial charge in [0.05, 0.1) is 12.7 Å². The number of carboxylic acid groups (broad SMARTS) is 1. The van der Waals surface area contributed by atoms with E-state index in [1.54, 1.807) is 12.5 Å². The molecule has 1 atom stereocenters. The summed E-state index contributed by atoms with van der Waals surface area (Å²) in [7, 11) is 0. The molecule has 0 amide bonds. The van der Waals surface area contributed by atoms with E-state index in [0.29, 0.717) is 5.92 Å². The van der Waals surface area contributed by atoms with Crippen LogP contribution >= 0.6 is 0 Å². The Morgan fingerprint density at radius 1 is 1.37 bits per heavy atom. The molecular formula is C15H16N2O2. The molecule has 4 heteroatoms. The highest BCUT2D eigenvalue weighted by Gasteiger charge is 2.33. The monoisotopic (exact) mass is 256 g/mol. The maximum absolute atomic E-state index is 11.0. The zero-order valence-corrected chi connectivity index (χ0v) is 10.6. The Kier molecular flexibility index (Phi) is 3.07. The fourth-order valence-electron chi connectivity index (χ4n) is 2.55. The van der Waals surface area contributed by atoms with Gasteiger partial charge in [-0.25, -0.2) is 4.98 Å². The molecule has 1 aliphatic rings. The first kappa shape index (κ1) is 12.0. The van der Waals surface area contributed by atoms with Gasteiger partial charge >= 0.3 is 5.97 Å². The van der Waals surface area contributed by atoms with Gasteiger partial charge in [-0.05, 0) is 42.4 Å². The van der Waals surface area contributed by atoms with E-state index in [1.165, 1.54) is 0 Å². The number of rotatable bonds is 5. The average Bonchev–Trinajstić information content (AvgIpc) is 3.10. The van der Waals surface area contributed by atoms with Crippen LogP contribution in [-0.4, -0.2) is 20.6 Å². The molecule has 1 heterocycles. The van der Waals surface area contributed by atoms with Gasteiger partial charge in [0.15, 0.2) is 0 Å². The van der Waals surface area contributed by atoms with Crippen molar-refractivity contribution in [2.24, 2.45) is 5.92 Å². The quantitative estimate of drug-likeness (QED) is 0.895. The molecule has 98 valence electrons. The van der Waals surface area contributed by atoms with Gasteiger partial charge in [0.2, 0.25) is 0 Å². The SMILES string of the molecule is O=C(O)CC(c1ccc(-n2ccnc2)cc1)C1CC1. The molecular weight excluding hydrogens is 240 g/mol. The first-order valence-electron chi connectivity index (χ1n) is 6.54. The Morgan fingerprint density at radius 2 is 2.11 bits per heavy atom. The van der Waals surface area contributed by atoms with Gasteiger partial charge in [-0.2, -0.15) is 0 Å². The van der Waals surface area contributed by atoms with E-state index in [9.17, 15) is 4.79 Å². The van der Waals surface area contributed by atoms with Gasteiger partial charge in [0, 0.05) is 18.1 Å². The van der Waals surface area contributed by atoms with Crippen LogP contribution in [0.4, 0.5) is 0 Å². The average molecular weight is 256 g/mol. The third-order valence-electron chi connectivity index (χ3n) is 3.71. The van der Waals surface area contributed by atoms with Crippen LogP contribution in [0.3, 0.4) is 0 Å². The highest BCUT2D eigenvalue weighted by molar-refractivity contribution is 5.68. The van der Waals surface area contributed by atoms with Crippen molar-refractivity contribution < 1.29 is 9.90 Å². The first-order chi connectivity index (χ1) is 9.24. The summed E-state index contributed by atoms with van der Waals surface area (Å²) in [5.74, 6) is 0.000110. The Balaban J connectivity index is 1.82. The zero-order chi connectivity index (χ0) is 13.2. The molecule has 3 rings (SSSR count). The van der Waals surface area contributed by atoms with Crippen LogP contribution in [0.2, 0.25) is 0 Å². The minimum Gasteiger partial charge on any atom is -0.481 e. The predicted octanol–water partition coefficient (Wildman–Crippen LogP) is 2.84. The second-order valence-electron chi connectivity index (χ2n) is 5.10. The zero-order valence-electron chi connectivity index (χ0n) is 10.6. The summed E-state index contributed by atoms with van der Waals surface area (Å²) in [5.41, 5.74) is 2.18. The highest BCUT2D eigenvalue weighted by Crippen LogP contribution is 2.44. The van der Waals surface area contributed by atoms with Crippen molar-refractivity contribution in [3.8, 4) is 5.69 Å². The molecule has 0 radical (unpaired) electrons. The minimum absolute atomic E-state index is 0.161. The molecule has 1 aliphatic carbocycles. The molecule has 1 unspecified atom stereocenters. The Labute approximate surface area is 111 Å². The second kappa shape index (κ2) is 4.88. The van der Waals surface area contributed by atoms with E-state index in [0.717, 1.165) is 24.1 Å². The van der Waals surface area contributed by atoms with Gasteiger partial charge in [-0.1, -0.05) is 12.1 Å². The van der Waals surface area contributed by atoms with E-state index in [2.05, 4.69) is 4.98 Å². The Bertz CT molecular complexity index is 556. The van der Waals surface area contributed by atoms with Crippen LogP contribution in [0.15, 0.2) is 43.0 Å². The number of hydrogen-bond donors (Lipinski definition) is 1. The van der Waals surface area contributed by atoms with Crippen LogP contribution in [0, 0.1) is 5.92 Å². The van der Waals surface area contributed by atoms with Crippen LogP contribution in [0.5, 0.6) is 0 Å². The third kappa shape index (κ3) is 2.67. The summed E-state index contributed by atoms with van der Waals surface area (Å²) in [4.78, 5) is 15.0. The molecule has 2 aromatic rings. The fraction of sp³-hybridized carbons (Fsp3) is 0.333. The molecule has 1 fully saturated rings. The van der Waals surface area contributed by atoms with Crippen molar-refractivity contribution in [3.05, 3.63) is 48.5 Å². The van der Waals surface area contributed by atoms with Crippen molar-refractivity contribution in [2.45, 2.75) is 25.2 Å². The van der Waals surface area contributed by atoms with E-state index < -0.39 is 5.97 Å². The fourth-order valence-corrected chi connectivity index (χ4v) is 2.55. The number of aromatic nitrogens is 2. The lowest BCUT2D eigenvalue weighted by molar-refractivity contribution is -0.137. The van der Waals surface area contributed by atoms with Crippen LogP contribution < -0.4 is 0 Å². The molecule has 1 N–H and O–H groups in total. The Hall–Kier alpha value is -2.10. The van der Waals surface area contributed by atoms with Gasteiger partial charge < -0.3 is 9.67 Å². The molecule has 0 bridgehead atoms. The number of benzene rings is 1. The predicted molar refractivity (Wildman–Crippen MR) is 71.3 cm³/mol. The van der Waals surface area contributed by atoms with Gasteiger partial charge in [0.1, 0.15) is 0 Å². The maximum Gasteiger partial charge on any atom is 0.303 e. The van der Waals surface area contributed by atoms with Crippen LogP contribution in [0.1, 0.15) is 30.7 Å². The molecule has 4 nitrogen and oxygen atoms in total. The van der Waals surface area contributed by atoms with Crippen LogP contribution in [-0.2, 0) is 4.79 Å². The van der Waals surface area contributed by atoms with E-state index in [-0.39, 0.29) is 12.3 Å². The summed E-state index contributed by atoms with van der Waals surface area (Å²) < 4.78 is 1.94.